The third kappa shape index (κ3) is 5.92. The molecule has 0 bridgehead atoms. The largest absolute Gasteiger partial charge is 0.497 e. The molecule has 1 heterocycles. The van der Waals surface area contributed by atoms with E-state index in [-0.39, 0.29) is 35.1 Å². The van der Waals surface area contributed by atoms with Gasteiger partial charge in [0.25, 0.3) is 0 Å². The number of methoxy groups -OCH3 is 5. The van der Waals surface area contributed by atoms with Crippen molar-refractivity contribution in [3.8, 4) is 5.75 Å². The molecule has 1 aliphatic heterocycles. The Balaban J connectivity index is 2.32. The van der Waals surface area contributed by atoms with E-state index in [0.29, 0.717) is 11.3 Å². The smallest absolute Gasteiger partial charge is 0.355 e. The van der Waals surface area contributed by atoms with E-state index in [0.717, 1.165) is 39.2 Å². The van der Waals surface area contributed by atoms with Gasteiger partial charge in [0.2, 0.25) is 0 Å². The molecular formula is C27H34N2O9. The van der Waals surface area contributed by atoms with Crippen LogP contribution in [-0.2, 0) is 44.7 Å². The molecule has 0 radical (unpaired) electrons. The van der Waals surface area contributed by atoms with Crippen molar-refractivity contribution in [3.63, 3.8) is 0 Å². The van der Waals surface area contributed by atoms with Gasteiger partial charge in [-0.05, 0) is 30.5 Å². The Hall–Kier alpha value is -4.02. The maximum atomic E-state index is 13.3. The molecule has 1 unspecified atom stereocenters. The Kier molecular flexibility index (Phi) is 9.75. The average molecular weight is 531 g/mol. The summed E-state index contributed by atoms with van der Waals surface area (Å²) in [5.41, 5.74) is 0.0256. The van der Waals surface area contributed by atoms with Crippen molar-refractivity contribution in [2.24, 2.45) is 0 Å². The van der Waals surface area contributed by atoms with Gasteiger partial charge in [0.15, 0.2) is 6.04 Å². The van der Waals surface area contributed by atoms with Crippen LogP contribution in [0.3, 0.4) is 0 Å². The molecule has 1 N–H and O–H groups in total. The summed E-state index contributed by atoms with van der Waals surface area (Å²) in [4.78, 5) is 54.4. The van der Waals surface area contributed by atoms with Gasteiger partial charge < -0.3 is 33.9 Å². The predicted octanol–water partition coefficient (Wildman–Crippen LogP) is 2.00. The van der Waals surface area contributed by atoms with Crippen LogP contribution in [0.2, 0.25) is 0 Å². The lowest BCUT2D eigenvalue weighted by atomic mass is 9.88. The molecule has 1 fully saturated rings. The summed E-state index contributed by atoms with van der Waals surface area (Å²) < 4.78 is 25.5. The Labute approximate surface area is 221 Å². The zero-order valence-electron chi connectivity index (χ0n) is 22.3. The van der Waals surface area contributed by atoms with E-state index in [2.05, 4.69) is 5.32 Å². The normalized spacial score (nSPS) is 18.0. The van der Waals surface area contributed by atoms with E-state index in [4.69, 9.17) is 23.7 Å². The first-order valence-electron chi connectivity index (χ1n) is 12.3. The van der Waals surface area contributed by atoms with Gasteiger partial charge in [-0.2, -0.15) is 0 Å². The van der Waals surface area contributed by atoms with Gasteiger partial charge in [0, 0.05) is 12.6 Å². The summed E-state index contributed by atoms with van der Waals surface area (Å²) in [6, 6.07) is 5.35. The van der Waals surface area contributed by atoms with Crippen LogP contribution < -0.4 is 10.1 Å². The summed E-state index contributed by atoms with van der Waals surface area (Å²) in [5.74, 6) is -2.85. The molecule has 1 atom stereocenters. The molecule has 0 saturated heterocycles. The highest BCUT2D eigenvalue weighted by atomic mass is 16.5. The number of esters is 4. The van der Waals surface area contributed by atoms with E-state index >= 15 is 0 Å². The summed E-state index contributed by atoms with van der Waals surface area (Å²) in [7, 11) is 6.21. The van der Waals surface area contributed by atoms with Crippen molar-refractivity contribution >= 4 is 23.9 Å². The van der Waals surface area contributed by atoms with Crippen molar-refractivity contribution in [2.45, 2.75) is 50.7 Å². The number of benzene rings is 1. The summed E-state index contributed by atoms with van der Waals surface area (Å²) in [5, 5.41) is 3.27. The van der Waals surface area contributed by atoms with Crippen molar-refractivity contribution in [1.29, 1.82) is 0 Å². The van der Waals surface area contributed by atoms with E-state index < -0.39 is 29.9 Å². The first-order valence-corrected chi connectivity index (χ1v) is 12.3. The van der Waals surface area contributed by atoms with Crippen LogP contribution in [0.4, 0.5) is 0 Å². The highest BCUT2D eigenvalue weighted by Gasteiger charge is 2.48. The Bertz CT molecular complexity index is 1120. The second kappa shape index (κ2) is 13.0. The fraction of sp³-hybridized carbons (Fsp3) is 0.481. The van der Waals surface area contributed by atoms with Gasteiger partial charge in [-0.3, -0.25) is 0 Å². The Morgan fingerprint density at radius 1 is 0.816 bits per heavy atom. The highest BCUT2D eigenvalue weighted by Crippen LogP contribution is 2.36. The second-order valence-electron chi connectivity index (χ2n) is 8.87. The van der Waals surface area contributed by atoms with Crippen molar-refractivity contribution in [2.75, 3.05) is 35.5 Å². The molecule has 0 amide bonds. The standard InChI is InChI=1S/C27H34N2O9/c1-34-18-13-11-16(12-14-18)15-29-22(26(32)37-4)19(24(30)35-2)21(28-17-9-7-6-8-10-17)20(25(31)36-3)23(29)27(33)38-5/h11-14,17,22,28H,6-10,15H2,1-5H3. The van der Waals surface area contributed by atoms with Crippen LogP contribution in [0.25, 0.3) is 0 Å². The first-order chi connectivity index (χ1) is 18.3. The Morgan fingerprint density at radius 3 is 1.95 bits per heavy atom. The number of nitrogens with one attached hydrogen (secondary N) is 1. The average Bonchev–Trinajstić information content (AvgIpc) is 2.96. The second-order valence-corrected chi connectivity index (χ2v) is 8.87. The summed E-state index contributed by atoms with van der Waals surface area (Å²) >= 11 is 0. The fourth-order valence-corrected chi connectivity index (χ4v) is 4.81. The lowest BCUT2D eigenvalue weighted by Crippen LogP contribution is -2.52. The molecule has 2 aliphatic rings. The molecule has 11 heteroatoms. The molecule has 1 aliphatic carbocycles. The van der Waals surface area contributed by atoms with Crippen molar-refractivity contribution in [1.82, 2.24) is 10.2 Å². The number of rotatable bonds is 9. The molecule has 0 aromatic heterocycles. The zero-order chi connectivity index (χ0) is 27.8. The molecule has 1 aromatic carbocycles. The summed E-state index contributed by atoms with van der Waals surface area (Å²) in [6.07, 6.45) is 4.51. The van der Waals surface area contributed by atoms with E-state index in [1.54, 1.807) is 24.3 Å². The predicted molar refractivity (Wildman–Crippen MR) is 134 cm³/mol. The SMILES string of the molecule is COC(=O)C1=C(C(=O)OC)N(Cc2ccc(OC)cc2)C(C(=O)OC)C(C(=O)OC)=C1NC1CCCCC1. The fourth-order valence-electron chi connectivity index (χ4n) is 4.81. The van der Waals surface area contributed by atoms with E-state index in [9.17, 15) is 19.2 Å². The maximum absolute atomic E-state index is 13.3. The van der Waals surface area contributed by atoms with Crippen LogP contribution in [0, 0.1) is 0 Å². The molecular weight excluding hydrogens is 496 g/mol. The number of ether oxygens (including phenoxy) is 5. The van der Waals surface area contributed by atoms with Crippen LogP contribution in [0.15, 0.2) is 46.8 Å². The molecule has 0 spiro atoms. The molecule has 11 nitrogen and oxygen atoms in total. The van der Waals surface area contributed by atoms with Gasteiger partial charge in [0.1, 0.15) is 17.0 Å². The van der Waals surface area contributed by atoms with Gasteiger partial charge in [-0.15, -0.1) is 0 Å². The third-order valence-electron chi connectivity index (χ3n) is 6.69. The number of carbonyl (C=O) groups is 4. The molecule has 206 valence electrons. The third-order valence-corrected chi connectivity index (χ3v) is 6.69. The number of hydrogen-bond donors (Lipinski definition) is 1. The summed E-state index contributed by atoms with van der Waals surface area (Å²) in [6.45, 7) is -0.0636. The lowest BCUT2D eigenvalue weighted by Gasteiger charge is -2.40. The van der Waals surface area contributed by atoms with Crippen molar-refractivity contribution < 1.29 is 42.9 Å². The van der Waals surface area contributed by atoms with Gasteiger partial charge in [-0.25, -0.2) is 19.2 Å². The van der Waals surface area contributed by atoms with Gasteiger partial charge >= 0.3 is 23.9 Å². The maximum Gasteiger partial charge on any atom is 0.355 e. The molecule has 38 heavy (non-hydrogen) atoms. The highest BCUT2D eigenvalue weighted by molar-refractivity contribution is 6.09. The van der Waals surface area contributed by atoms with Gasteiger partial charge in [-0.1, -0.05) is 31.4 Å². The number of carbonyl (C=O) groups excluding carboxylic acids is 4. The minimum absolute atomic E-state index is 0.00243. The number of nitrogens with zero attached hydrogens (tertiary/aromatic N) is 1. The minimum Gasteiger partial charge on any atom is -0.497 e. The first kappa shape index (κ1) is 28.5. The van der Waals surface area contributed by atoms with E-state index in [1.807, 2.05) is 0 Å². The molecule has 3 rings (SSSR count). The molecule has 1 aromatic rings. The number of hydrogen-bond acceptors (Lipinski definition) is 11. The van der Waals surface area contributed by atoms with Crippen LogP contribution in [-0.4, -0.2) is 76.4 Å². The Morgan fingerprint density at radius 2 is 1.42 bits per heavy atom. The van der Waals surface area contributed by atoms with E-state index in [1.165, 1.54) is 33.3 Å². The van der Waals surface area contributed by atoms with Gasteiger partial charge in [0.05, 0.1) is 46.8 Å². The lowest BCUT2D eigenvalue weighted by molar-refractivity contribution is -0.150. The van der Waals surface area contributed by atoms with Crippen molar-refractivity contribution in [3.05, 3.63) is 52.4 Å². The van der Waals surface area contributed by atoms with Crippen LogP contribution >= 0.6 is 0 Å². The minimum atomic E-state index is -1.43. The zero-order valence-corrected chi connectivity index (χ0v) is 22.3. The van der Waals surface area contributed by atoms with Crippen LogP contribution in [0.1, 0.15) is 37.7 Å². The van der Waals surface area contributed by atoms with Crippen LogP contribution in [0.5, 0.6) is 5.75 Å². The topological polar surface area (TPSA) is 130 Å². The quantitative estimate of drug-likeness (QED) is 0.372. The monoisotopic (exact) mass is 530 g/mol. The molecule has 1 saturated carbocycles.